The Morgan fingerprint density at radius 2 is 2.11 bits per heavy atom. The predicted octanol–water partition coefficient (Wildman–Crippen LogP) is 1.39. The molecule has 1 aromatic heterocycles. The van der Waals surface area contributed by atoms with E-state index in [1.807, 2.05) is 6.07 Å². The lowest BCUT2D eigenvalue weighted by molar-refractivity contribution is 0.322. The highest BCUT2D eigenvalue weighted by Gasteiger charge is 2.29. The van der Waals surface area contributed by atoms with Gasteiger partial charge in [-0.2, -0.15) is 13.5 Å². The molecule has 0 unspecified atom stereocenters. The minimum atomic E-state index is -3.62. The highest BCUT2D eigenvalue weighted by Crippen LogP contribution is 2.33. The summed E-state index contributed by atoms with van der Waals surface area (Å²) in [6, 6.07) is 8.59. The van der Waals surface area contributed by atoms with Gasteiger partial charge in [-0.3, -0.25) is 9.40 Å². The molecule has 0 bridgehead atoms. The van der Waals surface area contributed by atoms with Gasteiger partial charge >= 0.3 is 0 Å². The van der Waals surface area contributed by atoms with Gasteiger partial charge in [-0.15, -0.1) is 0 Å². The van der Waals surface area contributed by atoms with E-state index < -0.39 is 10.0 Å². The smallest absolute Gasteiger partial charge is 0.281 e. The Morgan fingerprint density at radius 1 is 1.26 bits per heavy atom. The quantitative estimate of drug-likeness (QED) is 0.901. The van der Waals surface area contributed by atoms with Gasteiger partial charge in [0, 0.05) is 13.0 Å². The molecule has 0 aliphatic carbocycles. The lowest BCUT2D eigenvalue weighted by Gasteiger charge is -2.22. The summed E-state index contributed by atoms with van der Waals surface area (Å²) in [5.74, 6) is 0.586. The van der Waals surface area contributed by atoms with E-state index in [1.165, 1.54) is 16.6 Å². The zero-order chi connectivity index (χ0) is 13.3. The van der Waals surface area contributed by atoms with E-state index in [0.717, 1.165) is 0 Å². The highest BCUT2D eigenvalue weighted by atomic mass is 32.2. The number of nitrogens with one attached hydrogen (secondary N) is 1. The SMILES string of the molecule is O=S(=O)(c1ccn[nH]1)N1CCCOc2ccccc21. The molecule has 7 heteroatoms. The second-order valence-corrected chi connectivity index (χ2v) is 6.00. The molecule has 100 valence electrons. The maximum atomic E-state index is 12.6. The fourth-order valence-electron chi connectivity index (χ4n) is 2.05. The third-order valence-electron chi connectivity index (χ3n) is 2.94. The molecule has 3 rings (SSSR count). The molecule has 1 aliphatic rings. The number of ether oxygens (including phenoxy) is 1. The molecule has 0 amide bonds. The van der Waals surface area contributed by atoms with Crippen LogP contribution in [0.15, 0.2) is 41.6 Å². The number of benzene rings is 1. The number of H-pyrrole nitrogens is 1. The first-order valence-corrected chi connectivity index (χ1v) is 7.37. The van der Waals surface area contributed by atoms with Gasteiger partial charge in [-0.05, 0) is 18.2 Å². The largest absolute Gasteiger partial charge is 0.491 e. The van der Waals surface area contributed by atoms with E-state index >= 15 is 0 Å². The van der Waals surface area contributed by atoms with Gasteiger partial charge < -0.3 is 4.74 Å². The van der Waals surface area contributed by atoms with Crippen LogP contribution in [0.5, 0.6) is 5.75 Å². The van der Waals surface area contributed by atoms with Gasteiger partial charge in [-0.1, -0.05) is 12.1 Å². The summed E-state index contributed by atoms with van der Waals surface area (Å²) in [4.78, 5) is 0. The molecular weight excluding hydrogens is 266 g/mol. The number of aromatic nitrogens is 2. The number of hydrogen-bond donors (Lipinski definition) is 1. The van der Waals surface area contributed by atoms with Crippen molar-refractivity contribution in [2.45, 2.75) is 11.4 Å². The van der Waals surface area contributed by atoms with Crippen LogP contribution in [0.25, 0.3) is 0 Å². The van der Waals surface area contributed by atoms with Crippen molar-refractivity contribution < 1.29 is 13.2 Å². The van der Waals surface area contributed by atoms with Crippen molar-refractivity contribution in [3.05, 3.63) is 36.5 Å². The Morgan fingerprint density at radius 3 is 2.89 bits per heavy atom. The van der Waals surface area contributed by atoms with Gasteiger partial charge in [0.15, 0.2) is 5.03 Å². The van der Waals surface area contributed by atoms with E-state index in [4.69, 9.17) is 4.74 Å². The Balaban J connectivity index is 2.10. The standard InChI is InChI=1S/C12H13N3O3S/c16-19(17,12-6-7-13-14-12)15-8-3-9-18-11-5-2-1-4-10(11)15/h1-2,4-7H,3,8-9H2,(H,13,14). The number of nitrogens with zero attached hydrogens (tertiary/aromatic N) is 2. The molecule has 19 heavy (non-hydrogen) atoms. The van der Waals surface area contributed by atoms with Crippen molar-refractivity contribution in [2.24, 2.45) is 0 Å². The molecule has 0 saturated carbocycles. The maximum absolute atomic E-state index is 12.6. The van der Waals surface area contributed by atoms with Crippen LogP contribution in [0.4, 0.5) is 5.69 Å². The fourth-order valence-corrected chi connectivity index (χ4v) is 3.47. The third kappa shape index (κ3) is 2.06. The van der Waals surface area contributed by atoms with Crippen LogP contribution in [-0.4, -0.2) is 31.8 Å². The van der Waals surface area contributed by atoms with Crippen molar-refractivity contribution in [1.82, 2.24) is 10.2 Å². The van der Waals surface area contributed by atoms with E-state index in [-0.39, 0.29) is 5.03 Å². The summed E-state index contributed by atoms with van der Waals surface area (Å²) in [5, 5.41) is 6.29. The number of hydrogen-bond acceptors (Lipinski definition) is 4. The molecule has 0 fully saturated rings. The number of para-hydroxylation sites is 2. The van der Waals surface area contributed by atoms with Crippen molar-refractivity contribution >= 4 is 15.7 Å². The summed E-state index contributed by atoms with van der Waals surface area (Å²) in [6.07, 6.45) is 2.06. The van der Waals surface area contributed by atoms with Crippen molar-refractivity contribution in [3.63, 3.8) is 0 Å². The maximum Gasteiger partial charge on any atom is 0.281 e. The van der Waals surface area contributed by atoms with E-state index in [9.17, 15) is 8.42 Å². The average molecular weight is 279 g/mol. The molecule has 0 atom stereocenters. The van der Waals surface area contributed by atoms with Gasteiger partial charge in [0.2, 0.25) is 0 Å². The van der Waals surface area contributed by atoms with Crippen LogP contribution in [0, 0.1) is 0 Å². The number of fused-ring (bicyclic) bond motifs is 1. The number of rotatable bonds is 2. The van der Waals surface area contributed by atoms with Gasteiger partial charge in [0.05, 0.1) is 18.5 Å². The molecular formula is C12H13N3O3S. The molecule has 2 aromatic rings. The third-order valence-corrected chi connectivity index (χ3v) is 4.68. The highest BCUT2D eigenvalue weighted by molar-refractivity contribution is 7.92. The Hall–Kier alpha value is -2.02. The Bertz CT molecular complexity index is 667. The predicted molar refractivity (Wildman–Crippen MR) is 69.7 cm³/mol. The molecule has 1 N–H and O–H groups in total. The van der Waals surface area contributed by atoms with Gasteiger partial charge in [0.25, 0.3) is 10.0 Å². The van der Waals surface area contributed by atoms with Crippen molar-refractivity contribution in [3.8, 4) is 5.75 Å². The summed E-state index contributed by atoms with van der Waals surface area (Å²) < 4.78 is 32.0. The van der Waals surface area contributed by atoms with Crippen LogP contribution < -0.4 is 9.04 Å². The number of aromatic amines is 1. The summed E-state index contributed by atoms with van der Waals surface area (Å²) >= 11 is 0. The molecule has 2 heterocycles. The van der Waals surface area contributed by atoms with Crippen LogP contribution in [0.2, 0.25) is 0 Å². The van der Waals surface area contributed by atoms with Gasteiger partial charge in [0.1, 0.15) is 5.75 Å². The van der Waals surface area contributed by atoms with E-state index in [0.29, 0.717) is 31.0 Å². The zero-order valence-corrected chi connectivity index (χ0v) is 10.9. The van der Waals surface area contributed by atoms with Crippen LogP contribution >= 0.6 is 0 Å². The molecule has 0 saturated heterocycles. The Kier molecular flexibility index (Phi) is 2.90. The monoisotopic (exact) mass is 279 g/mol. The molecule has 0 radical (unpaired) electrons. The van der Waals surface area contributed by atoms with Crippen LogP contribution in [0.1, 0.15) is 6.42 Å². The van der Waals surface area contributed by atoms with E-state index in [2.05, 4.69) is 10.2 Å². The first-order chi connectivity index (χ1) is 9.19. The summed E-state index contributed by atoms with van der Waals surface area (Å²) in [5.41, 5.74) is 0.564. The Labute approximate surface area is 111 Å². The zero-order valence-electron chi connectivity index (χ0n) is 10.1. The lowest BCUT2D eigenvalue weighted by atomic mass is 10.3. The lowest BCUT2D eigenvalue weighted by Crippen LogP contribution is -2.31. The fraction of sp³-hybridized carbons (Fsp3) is 0.250. The number of anilines is 1. The first-order valence-electron chi connectivity index (χ1n) is 5.93. The topological polar surface area (TPSA) is 75.3 Å². The minimum Gasteiger partial charge on any atom is -0.491 e. The van der Waals surface area contributed by atoms with E-state index in [1.54, 1.807) is 18.2 Å². The van der Waals surface area contributed by atoms with Crippen LogP contribution in [-0.2, 0) is 10.0 Å². The summed E-state index contributed by atoms with van der Waals surface area (Å²) in [7, 11) is -3.62. The van der Waals surface area contributed by atoms with Crippen molar-refractivity contribution in [1.29, 1.82) is 0 Å². The molecule has 6 nitrogen and oxygen atoms in total. The second kappa shape index (κ2) is 4.58. The molecule has 1 aliphatic heterocycles. The summed E-state index contributed by atoms with van der Waals surface area (Å²) in [6.45, 7) is 0.893. The minimum absolute atomic E-state index is 0.0872. The van der Waals surface area contributed by atoms with Gasteiger partial charge in [-0.25, -0.2) is 0 Å². The van der Waals surface area contributed by atoms with Crippen molar-refractivity contribution in [2.75, 3.05) is 17.5 Å². The normalized spacial score (nSPS) is 15.5. The molecule has 0 spiro atoms. The first kappa shape index (κ1) is 12.0. The average Bonchev–Trinajstić information content (AvgIpc) is 2.86. The molecule has 1 aromatic carbocycles. The number of sulfonamides is 1. The van der Waals surface area contributed by atoms with Crippen LogP contribution in [0.3, 0.4) is 0 Å². The second-order valence-electron chi connectivity index (χ2n) is 4.17.